The largest absolute Gasteiger partial charge is 0.384 e. The third kappa shape index (κ3) is 5.64. The van der Waals surface area contributed by atoms with Crippen molar-refractivity contribution in [2.75, 3.05) is 18.6 Å². The fourth-order valence-corrected chi connectivity index (χ4v) is 2.22. The molecule has 19 heavy (non-hydrogen) atoms. The molecule has 0 fully saturated rings. The third-order valence-corrected chi connectivity index (χ3v) is 3.14. The molecule has 6 heteroatoms. The van der Waals surface area contributed by atoms with Gasteiger partial charge in [-0.25, -0.2) is 4.98 Å². The normalized spacial score (nSPS) is 13.0. The number of hydrogen-bond donors (Lipinski definition) is 2. The fraction of sp³-hybridized carbons (Fsp3) is 0.385. The number of aliphatic hydroxyl groups excluding tert-OH is 1. The Hall–Kier alpha value is -1.71. The molecule has 1 aromatic rings. The summed E-state index contributed by atoms with van der Waals surface area (Å²) >= 11 is 0. The topological polar surface area (TPSA) is 79.3 Å². The Bertz CT molecular complexity index is 517. The Morgan fingerprint density at radius 2 is 2.32 bits per heavy atom. The van der Waals surface area contributed by atoms with E-state index in [1.54, 1.807) is 25.3 Å². The van der Waals surface area contributed by atoms with E-state index in [4.69, 9.17) is 5.11 Å². The van der Waals surface area contributed by atoms with Crippen LogP contribution < -0.4 is 5.32 Å². The number of rotatable bonds is 4. The van der Waals surface area contributed by atoms with Crippen molar-refractivity contribution in [2.45, 2.75) is 13.0 Å². The second kappa shape index (κ2) is 7.67. The number of carbonyl (C=O) groups excluding carboxylic acids is 1. The SMILES string of the molecule is CC(CS(C)=O)NC(=O)c1ccc(C#CCO)cn1. The van der Waals surface area contributed by atoms with Crippen molar-refractivity contribution in [3.8, 4) is 11.8 Å². The summed E-state index contributed by atoms with van der Waals surface area (Å²) in [6.45, 7) is 1.58. The first kappa shape index (κ1) is 15.3. The zero-order chi connectivity index (χ0) is 14.3. The molecular weight excluding hydrogens is 264 g/mol. The van der Waals surface area contributed by atoms with Crippen LogP contribution in [0, 0.1) is 11.8 Å². The number of nitrogens with one attached hydrogen (secondary N) is 1. The van der Waals surface area contributed by atoms with Crippen molar-refractivity contribution in [1.29, 1.82) is 0 Å². The summed E-state index contributed by atoms with van der Waals surface area (Å²) in [5.41, 5.74) is 0.914. The molecular formula is C13H16N2O3S. The Labute approximate surface area is 114 Å². The number of aliphatic hydroxyl groups is 1. The first-order valence-electron chi connectivity index (χ1n) is 5.69. The van der Waals surface area contributed by atoms with E-state index in [9.17, 15) is 9.00 Å². The molecule has 1 aromatic heterocycles. The summed E-state index contributed by atoms with van der Waals surface area (Å²) in [5.74, 6) is 5.29. The number of carbonyl (C=O) groups is 1. The minimum Gasteiger partial charge on any atom is -0.384 e. The fourth-order valence-electron chi connectivity index (χ4n) is 1.44. The average molecular weight is 280 g/mol. The first-order valence-corrected chi connectivity index (χ1v) is 7.42. The number of nitrogens with zero attached hydrogens (tertiary/aromatic N) is 1. The summed E-state index contributed by atoms with van der Waals surface area (Å²) in [7, 11) is -0.953. The lowest BCUT2D eigenvalue weighted by atomic mass is 10.2. The predicted octanol–water partition coefficient (Wildman–Crippen LogP) is -0.0778. The minimum atomic E-state index is -0.953. The van der Waals surface area contributed by atoms with Gasteiger partial charge >= 0.3 is 0 Å². The van der Waals surface area contributed by atoms with Crippen molar-refractivity contribution in [3.05, 3.63) is 29.6 Å². The van der Waals surface area contributed by atoms with E-state index in [1.807, 2.05) is 0 Å². The predicted molar refractivity (Wildman–Crippen MR) is 74.1 cm³/mol. The number of amides is 1. The maximum absolute atomic E-state index is 11.8. The molecule has 0 bridgehead atoms. The van der Waals surface area contributed by atoms with Crippen LogP contribution in [0.2, 0.25) is 0 Å². The van der Waals surface area contributed by atoms with E-state index in [1.165, 1.54) is 6.20 Å². The smallest absolute Gasteiger partial charge is 0.270 e. The number of pyridine rings is 1. The van der Waals surface area contributed by atoms with Gasteiger partial charge in [-0.05, 0) is 19.1 Å². The minimum absolute atomic E-state index is 0.172. The van der Waals surface area contributed by atoms with Crippen molar-refractivity contribution >= 4 is 16.7 Å². The van der Waals surface area contributed by atoms with Crippen LogP contribution in [0.5, 0.6) is 0 Å². The van der Waals surface area contributed by atoms with Crippen LogP contribution in [0.25, 0.3) is 0 Å². The molecule has 1 amide bonds. The molecule has 102 valence electrons. The highest BCUT2D eigenvalue weighted by Gasteiger charge is 2.11. The number of hydrogen-bond acceptors (Lipinski definition) is 4. The van der Waals surface area contributed by atoms with Crippen LogP contribution in [-0.2, 0) is 10.8 Å². The number of aromatic nitrogens is 1. The highest BCUT2D eigenvalue weighted by molar-refractivity contribution is 7.84. The molecule has 0 aliphatic carbocycles. The van der Waals surface area contributed by atoms with Gasteiger partial charge in [-0.15, -0.1) is 0 Å². The van der Waals surface area contributed by atoms with E-state index in [0.29, 0.717) is 11.3 Å². The molecule has 0 aliphatic heterocycles. The standard InChI is InChI=1S/C13H16N2O3S/c1-10(9-19(2)18)15-13(17)12-6-5-11(8-14-12)4-3-7-16/h5-6,8,10,16H,7,9H2,1-2H3,(H,15,17). The highest BCUT2D eigenvalue weighted by Crippen LogP contribution is 2.00. The molecule has 2 unspecified atom stereocenters. The third-order valence-electron chi connectivity index (χ3n) is 2.17. The van der Waals surface area contributed by atoms with Gasteiger partial charge in [0.2, 0.25) is 0 Å². The van der Waals surface area contributed by atoms with Gasteiger partial charge in [0.25, 0.3) is 5.91 Å². The second-order valence-corrected chi connectivity index (χ2v) is 5.49. The molecule has 1 rings (SSSR count). The van der Waals surface area contributed by atoms with E-state index in [2.05, 4.69) is 22.1 Å². The maximum atomic E-state index is 11.8. The van der Waals surface area contributed by atoms with Crippen molar-refractivity contribution < 1.29 is 14.1 Å². The Morgan fingerprint density at radius 3 is 2.84 bits per heavy atom. The van der Waals surface area contributed by atoms with Crippen molar-refractivity contribution in [1.82, 2.24) is 10.3 Å². The highest BCUT2D eigenvalue weighted by atomic mass is 32.2. The van der Waals surface area contributed by atoms with Crippen molar-refractivity contribution in [3.63, 3.8) is 0 Å². The van der Waals surface area contributed by atoms with Gasteiger partial charge in [-0.3, -0.25) is 9.00 Å². The van der Waals surface area contributed by atoms with E-state index in [0.717, 1.165) is 0 Å². The summed E-state index contributed by atoms with van der Waals surface area (Å²) in [6.07, 6.45) is 3.07. The molecule has 2 atom stereocenters. The van der Waals surface area contributed by atoms with Gasteiger partial charge in [0.15, 0.2) is 0 Å². The molecule has 5 nitrogen and oxygen atoms in total. The van der Waals surface area contributed by atoms with E-state index in [-0.39, 0.29) is 24.2 Å². The lowest BCUT2D eigenvalue weighted by Crippen LogP contribution is -2.36. The van der Waals surface area contributed by atoms with Crippen LogP contribution in [0.4, 0.5) is 0 Å². The van der Waals surface area contributed by atoms with Gasteiger partial charge in [0, 0.05) is 40.6 Å². The molecule has 0 saturated carbocycles. The molecule has 0 aliphatic rings. The lowest BCUT2D eigenvalue weighted by molar-refractivity contribution is 0.0938. The molecule has 0 saturated heterocycles. The Balaban J connectivity index is 2.65. The zero-order valence-electron chi connectivity index (χ0n) is 10.8. The monoisotopic (exact) mass is 280 g/mol. The lowest BCUT2D eigenvalue weighted by Gasteiger charge is -2.11. The van der Waals surface area contributed by atoms with Crippen LogP contribution in [0.3, 0.4) is 0 Å². The Morgan fingerprint density at radius 1 is 1.58 bits per heavy atom. The second-order valence-electron chi connectivity index (χ2n) is 4.01. The zero-order valence-corrected chi connectivity index (χ0v) is 11.7. The molecule has 0 spiro atoms. The summed E-state index contributed by atoms with van der Waals surface area (Å²) in [4.78, 5) is 15.8. The molecule has 1 heterocycles. The summed E-state index contributed by atoms with van der Waals surface area (Å²) < 4.78 is 11.0. The maximum Gasteiger partial charge on any atom is 0.270 e. The first-order chi connectivity index (χ1) is 9.02. The van der Waals surface area contributed by atoms with Gasteiger partial charge < -0.3 is 10.4 Å². The van der Waals surface area contributed by atoms with Crippen LogP contribution >= 0.6 is 0 Å². The molecule has 2 N–H and O–H groups in total. The van der Waals surface area contributed by atoms with Gasteiger partial charge in [-0.2, -0.15) is 0 Å². The van der Waals surface area contributed by atoms with Crippen LogP contribution in [-0.4, -0.2) is 44.9 Å². The van der Waals surface area contributed by atoms with Gasteiger partial charge in [-0.1, -0.05) is 11.8 Å². The molecule has 0 aromatic carbocycles. The van der Waals surface area contributed by atoms with Crippen LogP contribution in [0.15, 0.2) is 18.3 Å². The van der Waals surface area contributed by atoms with Crippen LogP contribution in [0.1, 0.15) is 23.0 Å². The van der Waals surface area contributed by atoms with E-state index < -0.39 is 10.8 Å². The summed E-state index contributed by atoms with van der Waals surface area (Å²) in [6, 6.07) is 3.05. The molecule has 0 radical (unpaired) electrons. The van der Waals surface area contributed by atoms with Crippen molar-refractivity contribution in [2.24, 2.45) is 0 Å². The van der Waals surface area contributed by atoms with E-state index >= 15 is 0 Å². The van der Waals surface area contributed by atoms with Gasteiger partial charge in [0.05, 0.1) is 0 Å². The average Bonchev–Trinajstić information content (AvgIpc) is 2.35. The quantitative estimate of drug-likeness (QED) is 0.756. The summed E-state index contributed by atoms with van der Waals surface area (Å²) in [5, 5.41) is 11.3. The van der Waals surface area contributed by atoms with Gasteiger partial charge in [0.1, 0.15) is 12.3 Å². The Kier molecular flexibility index (Phi) is 6.19.